The van der Waals surface area contributed by atoms with Gasteiger partial charge in [0.25, 0.3) is 0 Å². The summed E-state index contributed by atoms with van der Waals surface area (Å²) in [4.78, 5) is 4.21. The van der Waals surface area contributed by atoms with Crippen LogP contribution >= 0.6 is 0 Å². The molecule has 114 valence electrons. The van der Waals surface area contributed by atoms with Crippen LogP contribution in [0.1, 0.15) is 24.8 Å². The van der Waals surface area contributed by atoms with E-state index in [1.807, 2.05) is 0 Å². The minimum Gasteiger partial charge on any atom is -0.384 e. The molecule has 0 amide bonds. The van der Waals surface area contributed by atoms with Gasteiger partial charge in [0.15, 0.2) is 0 Å². The fraction of sp³-hybridized carbons (Fsp3) is 0.533. The molecule has 4 nitrogen and oxygen atoms in total. The van der Waals surface area contributed by atoms with Gasteiger partial charge in [-0.3, -0.25) is 10.3 Å². The maximum atomic E-state index is 14.2. The van der Waals surface area contributed by atoms with Crippen LogP contribution in [0.3, 0.4) is 0 Å². The molecule has 1 aromatic rings. The van der Waals surface area contributed by atoms with Gasteiger partial charge in [0, 0.05) is 31.2 Å². The number of fused-ring (bicyclic) bond motifs is 1. The third kappa shape index (κ3) is 2.72. The van der Waals surface area contributed by atoms with Gasteiger partial charge in [-0.25, -0.2) is 8.78 Å². The van der Waals surface area contributed by atoms with Crippen LogP contribution in [0.15, 0.2) is 12.1 Å². The Morgan fingerprint density at radius 3 is 2.52 bits per heavy atom. The highest BCUT2D eigenvalue weighted by atomic mass is 19.1. The second-order valence-corrected chi connectivity index (χ2v) is 5.83. The maximum Gasteiger partial charge on any atom is 0.150 e. The summed E-state index contributed by atoms with van der Waals surface area (Å²) in [6, 6.07) is 2.68. The summed E-state index contributed by atoms with van der Waals surface area (Å²) in [7, 11) is 0. The first-order valence-corrected chi connectivity index (χ1v) is 7.38. The molecule has 0 aliphatic carbocycles. The van der Waals surface area contributed by atoms with Gasteiger partial charge in [-0.05, 0) is 31.5 Å². The van der Waals surface area contributed by atoms with E-state index in [2.05, 4.69) is 4.90 Å². The molecular weight excluding hydrogens is 274 g/mol. The molecule has 0 bridgehead atoms. The van der Waals surface area contributed by atoms with Crippen molar-refractivity contribution >= 4 is 11.5 Å². The molecule has 2 fully saturated rings. The Morgan fingerprint density at radius 1 is 1.14 bits per heavy atom. The van der Waals surface area contributed by atoms with E-state index in [0.717, 1.165) is 31.6 Å². The van der Waals surface area contributed by atoms with Crippen LogP contribution in [0.2, 0.25) is 0 Å². The number of nitrogens with two attached hydrogens (primary N) is 1. The molecule has 2 aliphatic heterocycles. The Hall–Kier alpha value is -1.69. The van der Waals surface area contributed by atoms with Crippen molar-refractivity contribution in [1.82, 2.24) is 4.90 Å². The molecule has 6 heteroatoms. The molecule has 0 aromatic heterocycles. The van der Waals surface area contributed by atoms with Crippen molar-refractivity contribution in [3.8, 4) is 0 Å². The minimum atomic E-state index is -0.635. The normalized spacial score (nSPS) is 23.0. The van der Waals surface area contributed by atoms with Crippen LogP contribution < -0.4 is 10.6 Å². The molecule has 3 rings (SSSR count). The Labute approximate surface area is 123 Å². The molecule has 2 saturated heterocycles. The van der Waals surface area contributed by atoms with E-state index in [9.17, 15) is 8.78 Å². The number of benzene rings is 1. The molecule has 0 saturated carbocycles. The van der Waals surface area contributed by atoms with Crippen molar-refractivity contribution in [2.75, 3.05) is 31.1 Å². The topological polar surface area (TPSA) is 56.4 Å². The Balaban J connectivity index is 1.85. The number of piperidine rings is 1. The summed E-state index contributed by atoms with van der Waals surface area (Å²) in [5, 5.41) is 7.29. The Kier molecular flexibility index (Phi) is 3.80. The predicted molar refractivity (Wildman–Crippen MR) is 78.8 cm³/mol. The van der Waals surface area contributed by atoms with Crippen molar-refractivity contribution in [3.05, 3.63) is 29.3 Å². The number of hydrogen-bond acceptors (Lipinski definition) is 3. The largest absolute Gasteiger partial charge is 0.384 e. The quantitative estimate of drug-likeness (QED) is 0.647. The summed E-state index contributed by atoms with van der Waals surface area (Å²) in [5.41, 5.74) is 5.40. The number of anilines is 1. The van der Waals surface area contributed by atoms with Crippen LogP contribution in [0.25, 0.3) is 0 Å². The molecule has 1 unspecified atom stereocenters. The highest BCUT2D eigenvalue weighted by Crippen LogP contribution is 2.29. The fourth-order valence-corrected chi connectivity index (χ4v) is 3.38. The molecule has 0 spiro atoms. The second kappa shape index (κ2) is 5.60. The van der Waals surface area contributed by atoms with Crippen LogP contribution in [-0.4, -0.2) is 43.0 Å². The number of amidine groups is 1. The van der Waals surface area contributed by atoms with E-state index in [1.54, 1.807) is 4.90 Å². The van der Waals surface area contributed by atoms with E-state index < -0.39 is 11.6 Å². The first kappa shape index (κ1) is 14.3. The number of hydrogen-bond donors (Lipinski definition) is 2. The lowest BCUT2D eigenvalue weighted by molar-refractivity contribution is 0.133. The number of nitrogens with one attached hydrogen (secondary N) is 1. The molecule has 3 N–H and O–H groups in total. The molecule has 2 aliphatic rings. The third-order valence-corrected chi connectivity index (χ3v) is 4.48. The molecular formula is C15H20F2N4. The van der Waals surface area contributed by atoms with Crippen LogP contribution in [-0.2, 0) is 0 Å². The van der Waals surface area contributed by atoms with Gasteiger partial charge in [0.05, 0.1) is 0 Å². The number of nitrogen functional groups attached to an aromatic ring is 1. The van der Waals surface area contributed by atoms with Gasteiger partial charge in [-0.2, -0.15) is 0 Å². The van der Waals surface area contributed by atoms with Gasteiger partial charge in [0.1, 0.15) is 23.2 Å². The first-order chi connectivity index (χ1) is 10.1. The number of rotatable bonds is 2. The highest BCUT2D eigenvalue weighted by Gasteiger charge is 2.31. The summed E-state index contributed by atoms with van der Waals surface area (Å²) >= 11 is 0. The lowest BCUT2D eigenvalue weighted by Gasteiger charge is -2.45. The van der Waals surface area contributed by atoms with Gasteiger partial charge in [-0.15, -0.1) is 0 Å². The fourth-order valence-electron chi connectivity index (χ4n) is 3.38. The monoisotopic (exact) mass is 294 g/mol. The average Bonchev–Trinajstić information content (AvgIpc) is 2.46. The summed E-state index contributed by atoms with van der Waals surface area (Å²) < 4.78 is 28.5. The van der Waals surface area contributed by atoms with E-state index in [1.165, 1.54) is 12.8 Å². The minimum absolute atomic E-state index is 0.0187. The Morgan fingerprint density at radius 2 is 1.86 bits per heavy atom. The SMILES string of the molecule is N=C(N)c1cc(F)c(N2CCN3CCCCC3C2)c(F)c1. The lowest BCUT2D eigenvalue weighted by atomic mass is 9.99. The summed E-state index contributed by atoms with van der Waals surface area (Å²) in [6.45, 7) is 3.22. The molecule has 1 atom stereocenters. The lowest BCUT2D eigenvalue weighted by Crippen LogP contribution is -2.55. The smallest absolute Gasteiger partial charge is 0.150 e. The van der Waals surface area contributed by atoms with Crippen molar-refractivity contribution < 1.29 is 8.78 Å². The van der Waals surface area contributed by atoms with Crippen molar-refractivity contribution in [1.29, 1.82) is 5.41 Å². The molecule has 21 heavy (non-hydrogen) atoms. The third-order valence-electron chi connectivity index (χ3n) is 4.48. The second-order valence-electron chi connectivity index (χ2n) is 5.83. The van der Waals surface area contributed by atoms with Crippen LogP contribution in [0, 0.1) is 17.0 Å². The van der Waals surface area contributed by atoms with E-state index in [-0.39, 0.29) is 17.1 Å². The van der Waals surface area contributed by atoms with Gasteiger partial charge >= 0.3 is 0 Å². The zero-order chi connectivity index (χ0) is 15.0. The maximum absolute atomic E-state index is 14.2. The number of nitrogens with zero attached hydrogens (tertiary/aromatic N) is 2. The zero-order valence-electron chi connectivity index (χ0n) is 11.9. The van der Waals surface area contributed by atoms with Gasteiger partial charge < -0.3 is 10.6 Å². The predicted octanol–water partition coefficient (Wildman–Crippen LogP) is 1.92. The van der Waals surface area contributed by atoms with Crippen molar-refractivity contribution in [2.45, 2.75) is 25.3 Å². The number of piperazine rings is 1. The van der Waals surface area contributed by atoms with Crippen LogP contribution in [0.5, 0.6) is 0 Å². The van der Waals surface area contributed by atoms with Crippen LogP contribution in [0.4, 0.5) is 14.5 Å². The summed E-state index contributed by atoms with van der Waals surface area (Å²) in [6.07, 6.45) is 3.49. The first-order valence-electron chi connectivity index (χ1n) is 7.38. The number of halogens is 2. The summed E-state index contributed by atoms with van der Waals surface area (Å²) in [5.74, 6) is -1.59. The standard InChI is InChI=1S/C15H20F2N4/c16-12-7-10(15(18)19)8-13(17)14(12)21-6-5-20-4-2-1-3-11(20)9-21/h7-8,11H,1-6,9H2,(H3,18,19). The van der Waals surface area contributed by atoms with E-state index in [0.29, 0.717) is 19.1 Å². The zero-order valence-corrected chi connectivity index (χ0v) is 11.9. The molecule has 2 heterocycles. The average molecular weight is 294 g/mol. The van der Waals surface area contributed by atoms with E-state index >= 15 is 0 Å². The Bertz CT molecular complexity index is 538. The highest BCUT2D eigenvalue weighted by molar-refractivity contribution is 5.95. The van der Waals surface area contributed by atoms with Gasteiger partial charge in [-0.1, -0.05) is 6.42 Å². The van der Waals surface area contributed by atoms with Crippen molar-refractivity contribution in [2.24, 2.45) is 5.73 Å². The van der Waals surface area contributed by atoms with E-state index in [4.69, 9.17) is 11.1 Å². The van der Waals surface area contributed by atoms with Gasteiger partial charge in [0.2, 0.25) is 0 Å². The molecule has 1 aromatic carbocycles. The molecule has 0 radical (unpaired) electrons. The van der Waals surface area contributed by atoms with Crippen molar-refractivity contribution in [3.63, 3.8) is 0 Å².